The lowest BCUT2D eigenvalue weighted by Crippen LogP contribution is -2.44. The predicted molar refractivity (Wildman–Crippen MR) is 67.7 cm³/mol. The largest absolute Gasteiger partial charge is 0.167 e. The van der Waals surface area contributed by atoms with Crippen LogP contribution in [0.15, 0.2) is 10.1 Å². The van der Waals surface area contributed by atoms with Gasteiger partial charge in [-0.2, -0.15) is 0 Å². The second kappa shape index (κ2) is 3.25. The molecule has 2 bridgehead atoms. The molecule has 0 aromatic rings. The van der Waals surface area contributed by atoms with Crippen molar-refractivity contribution >= 4 is 85.5 Å². The second-order valence-electron chi connectivity index (χ2n) is 3.39. The summed E-state index contributed by atoms with van der Waals surface area (Å²) in [4.78, 5) is -2.43. The summed E-state index contributed by atoms with van der Waals surface area (Å²) < 4.78 is -1.40. The Bertz CT molecular complexity index is 339. The van der Waals surface area contributed by atoms with Crippen molar-refractivity contribution in [3.8, 4) is 0 Å². The summed E-state index contributed by atoms with van der Waals surface area (Å²) in [5, 5.41) is 0.477. The van der Waals surface area contributed by atoms with Crippen molar-refractivity contribution in [1.82, 2.24) is 0 Å². The van der Waals surface area contributed by atoms with E-state index in [9.17, 15) is 0 Å². The maximum atomic E-state index is 6.30. The number of halogens is 7. The van der Waals surface area contributed by atoms with Gasteiger partial charge in [-0.05, 0) is 6.42 Å². The van der Waals surface area contributed by atoms with Gasteiger partial charge in [-0.25, -0.2) is 0 Å². The van der Waals surface area contributed by atoms with E-state index in [1.165, 1.54) is 0 Å². The lowest BCUT2D eigenvalue weighted by atomic mass is 10.1. The number of alkyl halides is 5. The Morgan fingerprint density at radius 2 is 1.57 bits per heavy atom. The van der Waals surface area contributed by atoms with Gasteiger partial charge in [0.2, 0.25) is 0 Å². The van der Waals surface area contributed by atoms with Crippen LogP contribution in [0.25, 0.3) is 0 Å². The second-order valence-corrected chi connectivity index (χ2v) is 7.82. The summed E-state index contributed by atoms with van der Waals surface area (Å²) in [7, 11) is 0. The Morgan fingerprint density at radius 1 is 1.07 bits per heavy atom. The minimum Gasteiger partial charge on any atom is -0.110 e. The fourth-order valence-corrected chi connectivity index (χ4v) is 6.14. The topological polar surface area (TPSA) is 0 Å². The van der Waals surface area contributed by atoms with Gasteiger partial charge in [0.25, 0.3) is 0 Å². The molecule has 0 radical (unpaired) electrons. The van der Waals surface area contributed by atoms with E-state index in [1.807, 2.05) is 0 Å². The average molecular weight is 380 g/mol. The molecular weight excluding hydrogens is 377 g/mol. The van der Waals surface area contributed by atoms with Gasteiger partial charge in [-0.15, -0.1) is 23.2 Å². The van der Waals surface area contributed by atoms with Crippen molar-refractivity contribution in [3.63, 3.8) is 0 Å². The van der Waals surface area contributed by atoms with Crippen LogP contribution in [0, 0.1) is 0 Å². The van der Waals surface area contributed by atoms with Crippen LogP contribution in [-0.4, -0.2) is 18.9 Å². The third kappa shape index (κ3) is 1.06. The van der Waals surface area contributed by atoms with E-state index in [-0.39, 0.29) is 14.9 Å². The van der Waals surface area contributed by atoms with Crippen LogP contribution < -0.4 is 0 Å². The van der Waals surface area contributed by atoms with E-state index in [0.29, 0.717) is 6.42 Å². The van der Waals surface area contributed by atoms with Crippen molar-refractivity contribution in [2.75, 3.05) is 0 Å². The Labute approximate surface area is 120 Å². The zero-order valence-corrected chi connectivity index (χ0v) is 12.6. The number of fused-ring (bicyclic) bond motifs is 2. The maximum absolute atomic E-state index is 6.30. The monoisotopic (exact) mass is 376 g/mol. The molecule has 80 valence electrons. The number of hydrogen-bond acceptors (Lipinski definition) is 0. The lowest BCUT2D eigenvalue weighted by molar-refractivity contribution is 0.685. The molecular formula is C7H3BrCl6. The van der Waals surface area contributed by atoms with E-state index in [2.05, 4.69) is 15.9 Å². The quantitative estimate of drug-likeness (QED) is 0.520. The van der Waals surface area contributed by atoms with Crippen LogP contribution in [0.2, 0.25) is 0 Å². The molecule has 0 aromatic heterocycles. The van der Waals surface area contributed by atoms with Crippen LogP contribution >= 0.6 is 85.5 Å². The molecule has 1 fully saturated rings. The molecule has 7 heteroatoms. The maximum Gasteiger partial charge on any atom is 0.167 e. The normalized spacial score (nSPS) is 50.4. The van der Waals surface area contributed by atoms with E-state index >= 15 is 0 Å². The van der Waals surface area contributed by atoms with Gasteiger partial charge in [0, 0.05) is 4.83 Å². The molecule has 3 unspecified atom stereocenters. The first-order chi connectivity index (χ1) is 6.19. The van der Waals surface area contributed by atoms with Gasteiger partial charge in [0.15, 0.2) is 4.33 Å². The van der Waals surface area contributed by atoms with Crippen LogP contribution in [-0.2, 0) is 0 Å². The van der Waals surface area contributed by atoms with Crippen molar-refractivity contribution in [1.29, 1.82) is 0 Å². The molecule has 0 saturated heterocycles. The molecule has 0 amide bonds. The molecule has 1 saturated carbocycles. The fourth-order valence-electron chi connectivity index (χ4n) is 1.84. The van der Waals surface area contributed by atoms with Crippen molar-refractivity contribution in [2.45, 2.75) is 25.3 Å². The molecule has 14 heavy (non-hydrogen) atoms. The first-order valence-corrected chi connectivity index (χ1v) is 6.84. The molecule has 0 spiro atoms. The molecule has 0 nitrogen and oxygen atoms in total. The lowest BCUT2D eigenvalue weighted by Gasteiger charge is -2.31. The zero-order chi connectivity index (χ0) is 10.9. The highest BCUT2D eigenvalue weighted by molar-refractivity contribution is 9.09. The number of allylic oxidation sites excluding steroid dienone is 2. The molecule has 2 rings (SSSR count). The first-order valence-electron chi connectivity index (χ1n) is 3.65. The van der Waals surface area contributed by atoms with Gasteiger partial charge in [-0.3, -0.25) is 0 Å². The minimum absolute atomic E-state index is 0.195. The summed E-state index contributed by atoms with van der Waals surface area (Å²) in [5.41, 5.74) is 0. The van der Waals surface area contributed by atoms with Gasteiger partial charge < -0.3 is 0 Å². The highest BCUT2D eigenvalue weighted by atomic mass is 79.9. The highest BCUT2D eigenvalue weighted by Crippen LogP contribution is 2.73. The van der Waals surface area contributed by atoms with Gasteiger partial charge >= 0.3 is 0 Å². The standard InChI is InChI=1S/C7H3BrCl6/c8-2-1-5(11)3(9)4(10)6(2,12)7(5,13)14/h2H,1H2. The number of hydrogen-bond donors (Lipinski definition) is 0. The SMILES string of the molecule is ClC1=C(Cl)C2(Cl)C(Br)CC1(Cl)C2(Cl)Cl. The molecule has 0 heterocycles. The summed E-state index contributed by atoms with van der Waals surface area (Å²) in [5.74, 6) is 0. The molecule has 0 aromatic carbocycles. The molecule has 0 aliphatic heterocycles. The summed E-state index contributed by atoms with van der Waals surface area (Å²) in [6.45, 7) is 0. The van der Waals surface area contributed by atoms with Crippen molar-refractivity contribution < 1.29 is 0 Å². The van der Waals surface area contributed by atoms with Crippen LogP contribution in [0.4, 0.5) is 0 Å². The smallest absolute Gasteiger partial charge is 0.110 e. The highest BCUT2D eigenvalue weighted by Gasteiger charge is 2.77. The van der Waals surface area contributed by atoms with Gasteiger partial charge in [0.1, 0.15) is 9.75 Å². The molecule has 2 aliphatic carbocycles. The molecule has 0 N–H and O–H groups in total. The van der Waals surface area contributed by atoms with Crippen molar-refractivity contribution in [3.05, 3.63) is 10.1 Å². The molecule has 3 atom stereocenters. The minimum atomic E-state index is -1.40. The van der Waals surface area contributed by atoms with E-state index < -0.39 is 14.1 Å². The van der Waals surface area contributed by atoms with E-state index in [0.717, 1.165) is 0 Å². The van der Waals surface area contributed by atoms with Gasteiger partial charge in [0.05, 0.1) is 10.1 Å². The van der Waals surface area contributed by atoms with Gasteiger partial charge in [-0.1, -0.05) is 62.3 Å². The predicted octanol–water partition coefficient (Wildman–Crippen LogP) is 4.99. The van der Waals surface area contributed by atoms with Crippen LogP contribution in [0.3, 0.4) is 0 Å². The zero-order valence-electron chi connectivity index (χ0n) is 6.43. The fraction of sp³-hybridized carbons (Fsp3) is 0.714. The third-order valence-corrected chi connectivity index (χ3v) is 8.26. The van der Waals surface area contributed by atoms with E-state index in [4.69, 9.17) is 69.6 Å². The van der Waals surface area contributed by atoms with Crippen LogP contribution in [0.5, 0.6) is 0 Å². The Kier molecular flexibility index (Phi) is 2.88. The Balaban J connectivity index is 2.70. The average Bonchev–Trinajstić information content (AvgIpc) is 2.27. The summed E-state index contributed by atoms with van der Waals surface area (Å²) in [6.07, 6.45) is 0.445. The van der Waals surface area contributed by atoms with Crippen molar-refractivity contribution in [2.24, 2.45) is 0 Å². The summed E-state index contributed by atoms with van der Waals surface area (Å²) in [6, 6.07) is 0. The Morgan fingerprint density at radius 3 is 1.86 bits per heavy atom. The van der Waals surface area contributed by atoms with Crippen LogP contribution in [0.1, 0.15) is 6.42 Å². The number of rotatable bonds is 0. The third-order valence-electron chi connectivity index (χ3n) is 2.71. The Hall–Kier alpha value is 1.96. The van der Waals surface area contributed by atoms with E-state index in [1.54, 1.807) is 0 Å². The first kappa shape index (κ1) is 12.4. The summed E-state index contributed by atoms with van der Waals surface area (Å²) >= 11 is 40.2. The molecule has 2 aliphatic rings.